The second kappa shape index (κ2) is 5.86. The van der Waals surface area contributed by atoms with Gasteiger partial charge in [0.25, 0.3) is 5.91 Å². The summed E-state index contributed by atoms with van der Waals surface area (Å²) in [5.74, 6) is 0.0480. The van der Waals surface area contributed by atoms with Gasteiger partial charge in [-0.15, -0.1) is 0 Å². The molecule has 1 aromatic carbocycles. The van der Waals surface area contributed by atoms with E-state index in [9.17, 15) is 4.79 Å². The molecule has 0 aromatic heterocycles. The summed E-state index contributed by atoms with van der Waals surface area (Å²) in [5, 5.41) is 3.23. The summed E-state index contributed by atoms with van der Waals surface area (Å²) >= 11 is 3.45. The molecule has 1 aromatic rings. The highest BCUT2D eigenvalue weighted by molar-refractivity contribution is 9.10. The van der Waals surface area contributed by atoms with Gasteiger partial charge in [0.2, 0.25) is 0 Å². The molecule has 0 saturated carbocycles. The molecule has 3 rings (SSSR count). The van der Waals surface area contributed by atoms with Gasteiger partial charge in [-0.1, -0.05) is 19.1 Å². The Hall–Kier alpha value is -0.870. The number of nitrogens with zero attached hydrogens (tertiary/aromatic N) is 1. The summed E-state index contributed by atoms with van der Waals surface area (Å²) in [6.07, 6.45) is 4.78. The van der Waals surface area contributed by atoms with Crippen LogP contribution in [0.1, 0.15) is 43.0 Å². The summed E-state index contributed by atoms with van der Waals surface area (Å²) in [6.45, 7) is 3.38. The Morgan fingerprint density at radius 1 is 1.30 bits per heavy atom. The number of halogens is 1. The minimum absolute atomic E-state index is 0.0480. The zero-order chi connectivity index (χ0) is 14.1. The van der Waals surface area contributed by atoms with Crippen molar-refractivity contribution in [1.29, 1.82) is 0 Å². The zero-order valence-corrected chi connectivity index (χ0v) is 13.4. The molecule has 3 nitrogen and oxygen atoms in total. The van der Waals surface area contributed by atoms with Crippen LogP contribution in [0, 0.1) is 0 Å². The van der Waals surface area contributed by atoms with Gasteiger partial charge in [-0.3, -0.25) is 9.69 Å². The van der Waals surface area contributed by atoms with Gasteiger partial charge in [-0.25, -0.2) is 0 Å². The molecule has 4 heteroatoms. The molecule has 0 spiro atoms. The highest BCUT2D eigenvalue weighted by Crippen LogP contribution is 2.35. The van der Waals surface area contributed by atoms with E-state index in [0.717, 1.165) is 29.4 Å². The molecule has 2 atom stereocenters. The molecule has 0 aliphatic carbocycles. The van der Waals surface area contributed by atoms with E-state index in [1.165, 1.54) is 12.8 Å². The van der Waals surface area contributed by atoms with Crippen molar-refractivity contribution in [2.45, 2.75) is 50.7 Å². The summed E-state index contributed by atoms with van der Waals surface area (Å²) < 4.78 is 0.867. The predicted octanol–water partition coefficient (Wildman–Crippen LogP) is 3.19. The van der Waals surface area contributed by atoms with Crippen LogP contribution in [0.4, 0.5) is 0 Å². The maximum Gasteiger partial charge on any atom is 0.252 e. The Morgan fingerprint density at radius 2 is 1.95 bits per heavy atom. The van der Waals surface area contributed by atoms with Crippen molar-refractivity contribution in [1.82, 2.24) is 10.2 Å². The lowest BCUT2D eigenvalue weighted by Gasteiger charge is -2.38. The summed E-state index contributed by atoms with van der Waals surface area (Å²) in [6, 6.07) is 9.29. The number of benzene rings is 1. The molecule has 1 N–H and O–H groups in total. The van der Waals surface area contributed by atoms with E-state index in [4.69, 9.17) is 0 Å². The largest absolute Gasteiger partial charge is 0.349 e. The van der Waals surface area contributed by atoms with Crippen molar-refractivity contribution < 1.29 is 4.79 Å². The monoisotopic (exact) mass is 336 g/mol. The molecular formula is C16H21BrN2O. The van der Waals surface area contributed by atoms with Gasteiger partial charge in [0.15, 0.2) is 0 Å². The van der Waals surface area contributed by atoms with Crippen LogP contribution in [0.15, 0.2) is 28.7 Å². The standard InChI is InChI=1S/C16H21BrN2O/c1-2-19-12-7-8-13(19)10-11(9-12)18-16(20)14-5-3-4-6-15(14)17/h3-6,11-13H,2,7-10H2,1H3,(H,18,20). The van der Waals surface area contributed by atoms with Crippen molar-refractivity contribution in [3.8, 4) is 0 Å². The second-order valence-electron chi connectivity index (χ2n) is 5.84. The Balaban J connectivity index is 1.65. The van der Waals surface area contributed by atoms with Crippen LogP contribution in [0.25, 0.3) is 0 Å². The molecule has 0 radical (unpaired) electrons. The van der Waals surface area contributed by atoms with Gasteiger partial charge in [-0.05, 0) is 60.3 Å². The number of hydrogen-bond acceptors (Lipinski definition) is 2. The molecule has 2 aliphatic rings. The summed E-state index contributed by atoms with van der Waals surface area (Å²) in [5.41, 5.74) is 0.734. The van der Waals surface area contributed by atoms with E-state index in [1.54, 1.807) is 0 Å². The van der Waals surface area contributed by atoms with Crippen LogP contribution in [0.3, 0.4) is 0 Å². The van der Waals surface area contributed by atoms with Crippen molar-refractivity contribution >= 4 is 21.8 Å². The number of hydrogen-bond donors (Lipinski definition) is 1. The van der Waals surface area contributed by atoms with Gasteiger partial charge in [-0.2, -0.15) is 0 Å². The first kappa shape index (κ1) is 14.1. The fourth-order valence-electron chi connectivity index (χ4n) is 3.82. The number of carbonyl (C=O) groups is 1. The number of amides is 1. The average molecular weight is 337 g/mol. The normalized spacial score (nSPS) is 29.4. The van der Waals surface area contributed by atoms with E-state index < -0.39 is 0 Å². The third-order valence-electron chi connectivity index (χ3n) is 4.70. The van der Waals surface area contributed by atoms with Gasteiger partial charge < -0.3 is 5.32 Å². The van der Waals surface area contributed by atoms with Crippen molar-refractivity contribution in [3.63, 3.8) is 0 Å². The number of carbonyl (C=O) groups excluding carboxylic acids is 1. The Bertz CT molecular complexity index is 491. The first-order valence-electron chi connectivity index (χ1n) is 7.50. The number of nitrogens with one attached hydrogen (secondary N) is 1. The van der Waals surface area contributed by atoms with Crippen molar-refractivity contribution in [3.05, 3.63) is 34.3 Å². The summed E-state index contributed by atoms with van der Waals surface area (Å²) in [7, 11) is 0. The topological polar surface area (TPSA) is 32.3 Å². The van der Waals surface area contributed by atoms with Crippen LogP contribution in [-0.2, 0) is 0 Å². The highest BCUT2D eigenvalue weighted by atomic mass is 79.9. The lowest BCUT2D eigenvalue weighted by Crippen LogP contribution is -2.50. The minimum Gasteiger partial charge on any atom is -0.349 e. The maximum absolute atomic E-state index is 12.4. The number of rotatable bonds is 3. The van der Waals surface area contributed by atoms with E-state index >= 15 is 0 Å². The molecule has 2 aliphatic heterocycles. The predicted molar refractivity (Wildman–Crippen MR) is 83.8 cm³/mol. The Morgan fingerprint density at radius 3 is 2.55 bits per heavy atom. The van der Waals surface area contributed by atoms with E-state index in [2.05, 4.69) is 33.1 Å². The summed E-state index contributed by atoms with van der Waals surface area (Å²) in [4.78, 5) is 15.0. The van der Waals surface area contributed by atoms with Gasteiger partial charge >= 0.3 is 0 Å². The third kappa shape index (κ3) is 2.63. The quantitative estimate of drug-likeness (QED) is 0.919. The molecule has 2 heterocycles. The van der Waals surface area contributed by atoms with Gasteiger partial charge in [0, 0.05) is 22.6 Å². The first-order chi connectivity index (χ1) is 9.69. The SMILES string of the molecule is CCN1C2CCC1CC(NC(=O)c1ccccc1Br)C2. The van der Waals surface area contributed by atoms with Crippen LogP contribution < -0.4 is 5.32 Å². The van der Waals surface area contributed by atoms with Gasteiger partial charge in [0.05, 0.1) is 5.56 Å². The molecule has 1 amide bonds. The van der Waals surface area contributed by atoms with Crippen molar-refractivity contribution in [2.24, 2.45) is 0 Å². The fraction of sp³-hybridized carbons (Fsp3) is 0.562. The molecular weight excluding hydrogens is 316 g/mol. The average Bonchev–Trinajstić information content (AvgIpc) is 2.69. The Labute approximate surface area is 128 Å². The maximum atomic E-state index is 12.4. The van der Waals surface area contributed by atoms with Gasteiger partial charge in [0.1, 0.15) is 0 Å². The van der Waals surface area contributed by atoms with E-state index in [1.807, 2.05) is 24.3 Å². The van der Waals surface area contributed by atoms with Crippen LogP contribution in [-0.4, -0.2) is 35.5 Å². The molecule has 2 fully saturated rings. The zero-order valence-electron chi connectivity index (χ0n) is 11.8. The van der Waals surface area contributed by atoms with Crippen LogP contribution >= 0.6 is 15.9 Å². The molecule has 2 unspecified atom stereocenters. The molecule has 20 heavy (non-hydrogen) atoms. The number of fused-ring (bicyclic) bond motifs is 2. The Kier molecular flexibility index (Phi) is 4.13. The lowest BCUT2D eigenvalue weighted by atomic mass is 9.97. The smallest absolute Gasteiger partial charge is 0.252 e. The molecule has 108 valence electrons. The van der Waals surface area contributed by atoms with Crippen LogP contribution in [0.2, 0.25) is 0 Å². The lowest BCUT2D eigenvalue weighted by molar-refractivity contribution is 0.0856. The van der Waals surface area contributed by atoms with Crippen molar-refractivity contribution in [2.75, 3.05) is 6.54 Å². The molecule has 2 saturated heterocycles. The highest BCUT2D eigenvalue weighted by Gasteiger charge is 2.40. The first-order valence-corrected chi connectivity index (χ1v) is 8.29. The second-order valence-corrected chi connectivity index (χ2v) is 6.69. The number of piperidine rings is 1. The molecule has 2 bridgehead atoms. The van der Waals surface area contributed by atoms with E-state index in [-0.39, 0.29) is 5.91 Å². The van der Waals surface area contributed by atoms with Crippen LogP contribution in [0.5, 0.6) is 0 Å². The third-order valence-corrected chi connectivity index (χ3v) is 5.39. The fourth-order valence-corrected chi connectivity index (χ4v) is 4.28. The van der Waals surface area contributed by atoms with E-state index in [0.29, 0.717) is 18.1 Å². The minimum atomic E-state index is 0.0480.